The van der Waals surface area contributed by atoms with Crippen LogP contribution < -0.4 is 4.90 Å². The number of rotatable bonds is 7. The van der Waals surface area contributed by atoms with E-state index in [4.69, 9.17) is 14.7 Å². The highest BCUT2D eigenvalue weighted by atomic mass is 16.5. The lowest BCUT2D eigenvalue weighted by Crippen LogP contribution is -2.46. The van der Waals surface area contributed by atoms with Crippen LogP contribution in [0.4, 0.5) is 5.82 Å². The summed E-state index contributed by atoms with van der Waals surface area (Å²) in [6, 6.07) is 11.4. The number of ether oxygens (including phenoxy) is 1. The van der Waals surface area contributed by atoms with Gasteiger partial charge in [-0.3, -0.25) is 14.3 Å². The van der Waals surface area contributed by atoms with E-state index in [-0.39, 0.29) is 6.04 Å². The van der Waals surface area contributed by atoms with Crippen LogP contribution in [0.5, 0.6) is 0 Å². The van der Waals surface area contributed by atoms with E-state index in [1.807, 2.05) is 12.3 Å². The number of piperazine rings is 1. The van der Waals surface area contributed by atoms with Gasteiger partial charge in [-0.2, -0.15) is 0 Å². The number of pyridine rings is 2. The quantitative estimate of drug-likeness (QED) is 0.508. The molecule has 2 fully saturated rings. The lowest BCUT2D eigenvalue weighted by atomic mass is 9.90. The third-order valence-corrected chi connectivity index (χ3v) is 8.06. The van der Waals surface area contributed by atoms with Crippen LogP contribution in [0.25, 0.3) is 5.65 Å². The Morgan fingerprint density at radius 2 is 1.77 bits per heavy atom. The fourth-order valence-corrected chi connectivity index (χ4v) is 6.03. The predicted molar refractivity (Wildman–Crippen MR) is 141 cm³/mol. The Morgan fingerprint density at radius 1 is 1.00 bits per heavy atom. The smallest absolute Gasteiger partial charge is 0.138 e. The van der Waals surface area contributed by atoms with Gasteiger partial charge in [0.2, 0.25) is 0 Å². The van der Waals surface area contributed by atoms with Crippen LogP contribution in [0.2, 0.25) is 0 Å². The highest BCUT2D eigenvalue weighted by molar-refractivity contribution is 5.56. The van der Waals surface area contributed by atoms with Gasteiger partial charge in [0.1, 0.15) is 11.5 Å². The van der Waals surface area contributed by atoms with Gasteiger partial charge in [0.15, 0.2) is 0 Å². The summed E-state index contributed by atoms with van der Waals surface area (Å²) in [6.45, 7) is 10.6. The molecule has 5 heterocycles. The normalized spacial score (nSPS) is 22.2. The predicted octanol–water partition coefficient (Wildman–Crippen LogP) is 4.27. The molecular weight excluding hydrogens is 436 g/mol. The van der Waals surface area contributed by atoms with Gasteiger partial charge in [0.25, 0.3) is 0 Å². The Balaban J connectivity index is 1.54. The average molecular weight is 477 g/mol. The Morgan fingerprint density at radius 3 is 2.49 bits per heavy atom. The van der Waals surface area contributed by atoms with Gasteiger partial charge in [0, 0.05) is 45.9 Å². The second-order valence-corrected chi connectivity index (χ2v) is 10.0. The van der Waals surface area contributed by atoms with Crippen molar-refractivity contribution in [1.29, 1.82) is 0 Å². The molecule has 5 rings (SSSR count). The molecule has 0 saturated carbocycles. The summed E-state index contributed by atoms with van der Waals surface area (Å²) >= 11 is 0. The molecule has 0 aliphatic carbocycles. The summed E-state index contributed by atoms with van der Waals surface area (Å²) < 4.78 is 7.98. The minimum Gasteiger partial charge on any atom is -0.384 e. The molecule has 0 radical (unpaired) electrons. The average Bonchev–Trinajstić information content (AvgIpc) is 3.26. The van der Waals surface area contributed by atoms with Gasteiger partial charge in [-0.1, -0.05) is 19.1 Å². The third-order valence-electron chi connectivity index (χ3n) is 8.06. The summed E-state index contributed by atoms with van der Waals surface area (Å²) in [5.74, 6) is 1.26. The molecule has 2 atom stereocenters. The van der Waals surface area contributed by atoms with E-state index in [2.05, 4.69) is 64.3 Å². The second kappa shape index (κ2) is 10.6. The minimum atomic E-state index is 0.270. The number of fused-ring (bicyclic) bond motifs is 1. The molecule has 35 heavy (non-hydrogen) atoms. The first-order chi connectivity index (χ1) is 17.1. The number of aromatic nitrogens is 3. The zero-order chi connectivity index (χ0) is 24.4. The number of aryl methyl sites for hydroxylation is 1. The second-order valence-electron chi connectivity index (χ2n) is 10.0. The van der Waals surface area contributed by atoms with Crippen molar-refractivity contribution in [2.45, 2.75) is 51.6 Å². The Bertz CT molecular complexity index is 1140. The number of hydrogen-bond donors (Lipinski definition) is 0. The lowest BCUT2D eigenvalue weighted by molar-refractivity contribution is 0.108. The van der Waals surface area contributed by atoms with Gasteiger partial charge in [-0.15, -0.1) is 0 Å². The van der Waals surface area contributed by atoms with Crippen LogP contribution in [0.15, 0.2) is 36.5 Å². The molecule has 0 aromatic carbocycles. The standard InChI is InChI=1S/C28H40N6O/c1-5-32-16-18-33(19-17-32)26-13-7-12-25-30-28(24(34(25)26)14-20-35-4)23-11-6-10-22(31(23)3)27-21(2)9-8-15-29-27/h7-9,12-13,15,22-23H,5-6,10-11,14,16-20H2,1-4H3/t22-,23+/m0/s1. The fourth-order valence-electron chi connectivity index (χ4n) is 6.03. The van der Waals surface area contributed by atoms with Gasteiger partial charge < -0.3 is 14.5 Å². The van der Waals surface area contributed by atoms with Gasteiger partial charge in [-0.05, 0) is 63.5 Å². The maximum atomic E-state index is 5.57. The van der Waals surface area contributed by atoms with Gasteiger partial charge in [-0.25, -0.2) is 4.98 Å². The SMILES string of the molecule is CCN1CCN(c2cccc3nc([C@H]4CCC[C@@H](c5ncccc5C)N4C)c(CCOC)n23)CC1. The van der Waals surface area contributed by atoms with Crippen molar-refractivity contribution in [3.8, 4) is 0 Å². The first kappa shape index (κ1) is 24.2. The summed E-state index contributed by atoms with van der Waals surface area (Å²) in [5, 5.41) is 0. The molecule has 2 aliphatic rings. The highest BCUT2D eigenvalue weighted by Gasteiger charge is 2.35. The van der Waals surface area contributed by atoms with E-state index in [0.717, 1.165) is 57.6 Å². The molecule has 7 heteroatoms. The molecule has 0 bridgehead atoms. The minimum absolute atomic E-state index is 0.270. The van der Waals surface area contributed by atoms with Gasteiger partial charge in [0.05, 0.1) is 35.8 Å². The summed E-state index contributed by atoms with van der Waals surface area (Å²) in [7, 11) is 4.05. The van der Waals surface area contributed by atoms with Crippen LogP contribution in [-0.4, -0.2) is 77.7 Å². The molecule has 0 spiro atoms. The summed E-state index contributed by atoms with van der Waals surface area (Å²) in [5.41, 5.74) is 6.03. The number of nitrogens with zero attached hydrogens (tertiary/aromatic N) is 6. The summed E-state index contributed by atoms with van der Waals surface area (Å²) in [6.07, 6.45) is 6.22. The number of imidazole rings is 1. The van der Waals surface area contributed by atoms with E-state index in [1.165, 1.54) is 34.9 Å². The molecule has 188 valence electrons. The van der Waals surface area contributed by atoms with Gasteiger partial charge >= 0.3 is 0 Å². The van der Waals surface area contributed by atoms with Crippen molar-refractivity contribution < 1.29 is 4.74 Å². The summed E-state index contributed by atoms with van der Waals surface area (Å²) in [4.78, 5) is 17.7. The number of likely N-dealkylation sites (N-methyl/N-ethyl adjacent to an activating group) is 1. The van der Waals surface area contributed by atoms with Crippen molar-refractivity contribution in [2.24, 2.45) is 0 Å². The number of anilines is 1. The molecule has 3 aromatic heterocycles. The van der Waals surface area contributed by atoms with E-state index in [1.54, 1.807) is 7.11 Å². The van der Waals surface area contributed by atoms with Crippen LogP contribution in [0.1, 0.15) is 60.9 Å². The molecule has 0 amide bonds. The Labute approximate surface area is 209 Å². The fraction of sp³-hybridized carbons (Fsp3) is 0.571. The number of methoxy groups -OCH3 is 1. The van der Waals surface area contributed by atoms with E-state index < -0.39 is 0 Å². The topological polar surface area (TPSA) is 49.1 Å². The lowest BCUT2D eigenvalue weighted by Gasteiger charge is -2.39. The van der Waals surface area contributed by atoms with Crippen molar-refractivity contribution >= 4 is 11.5 Å². The van der Waals surface area contributed by atoms with Crippen LogP contribution in [0.3, 0.4) is 0 Å². The maximum absolute atomic E-state index is 5.57. The largest absolute Gasteiger partial charge is 0.384 e. The number of piperidine rings is 1. The zero-order valence-corrected chi connectivity index (χ0v) is 21.8. The first-order valence-electron chi connectivity index (χ1n) is 13.2. The molecular formula is C28H40N6O. The van der Waals surface area contributed by atoms with Crippen LogP contribution in [-0.2, 0) is 11.2 Å². The molecule has 3 aromatic rings. The number of hydrogen-bond acceptors (Lipinski definition) is 6. The van der Waals surface area contributed by atoms with E-state index >= 15 is 0 Å². The molecule has 2 saturated heterocycles. The van der Waals surface area contributed by atoms with E-state index in [9.17, 15) is 0 Å². The molecule has 0 unspecified atom stereocenters. The Hall–Kier alpha value is -2.48. The molecule has 2 aliphatic heterocycles. The van der Waals surface area contributed by atoms with E-state index in [0.29, 0.717) is 12.6 Å². The van der Waals surface area contributed by atoms with Crippen molar-refractivity contribution in [1.82, 2.24) is 24.2 Å². The highest BCUT2D eigenvalue weighted by Crippen LogP contribution is 2.42. The van der Waals surface area contributed by atoms with Crippen LogP contribution >= 0.6 is 0 Å². The third kappa shape index (κ3) is 4.69. The Kier molecular flexibility index (Phi) is 7.37. The molecule has 0 N–H and O–H groups in total. The molecule has 7 nitrogen and oxygen atoms in total. The zero-order valence-electron chi connectivity index (χ0n) is 21.8. The maximum Gasteiger partial charge on any atom is 0.138 e. The number of likely N-dealkylation sites (tertiary alicyclic amines) is 1. The van der Waals surface area contributed by atoms with Crippen molar-refractivity contribution in [3.05, 3.63) is 59.2 Å². The monoisotopic (exact) mass is 476 g/mol. The van der Waals surface area contributed by atoms with Crippen LogP contribution in [0, 0.1) is 6.92 Å². The first-order valence-corrected chi connectivity index (χ1v) is 13.2. The van der Waals surface area contributed by atoms with Crippen molar-refractivity contribution in [3.63, 3.8) is 0 Å². The van der Waals surface area contributed by atoms with Crippen molar-refractivity contribution in [2.75, 3.05) is 58.4 Å².